The lowest BCUT2D eigenvalue weighted by atomic mass is 10.8. The van der Waals surface area contributed by atoms with E-state index in [1.165, 1.54) is 0 Å². The van der Waals surface area contributed by atoms with E-state index in [-0.39, 0.29) is 23.1 Å². The molecule has 0 aromatic heterocycles. The molecule has 44 valence electrons. The number of esters is 1. The first-order valence-corrected chi connectivity index (χ1v) is 1.54. The quantitative estimate of drug-likeness (QED) is 0.268. The second-order valence-electron chi connectivity index (χ2n) is 0.860. The van der Waals surface area contributed by atoms with Gasteiger partial charge in [-0.1, -0.05) is 0 Å². The Morgan fingerprint density at radius 2 is 1.88 bits per heavy atom. The van der Waals surface area contributed by atoms with Crippen LogP contribution in [-0.2, 0) is 9.53 Å². The van der Waals surface area contributed by atoms with Crippen molar-refractivity contribution in [2.24, 2.45) is 0 Å². The first kappa shape index (κ1) is 10.6. The third-order valence-corrected chi connectivity index (χ3v) is 0.231. The van der Waals surface area contributed by atoms with Gasteiger partial charge < -0.3 is 9.84 Å². The van der Waals surface area contributed by atoms with E-state index in [4.69, 9.17) is 5.11 Å². The van der Waals surface area contributed by atoms with Crippen molar-refractivity contribution in [1.82, 2.24) is 0 Å². The fourth-order valence-electron chi connectivity index (χ4n) is 0.123. The molecule has 4 nitrogen and oxygen atoms in total. The van der Waals surface area contributed by atoms with Gasteiger partial charge in [-0.3, -0.25) is 4.79 Å². The van der Waals surface area contributed by atoms with E-state index < -0.39 is 12.1 Å². The van der Waals surface area contributed by atoms with Gasteiger partial charge in [-0.05, 0) is 0 Å². The van der Waals surface area contributed by atoms with E-state index in [2.05, 4.69) is 4.74 Å². The number of rotatable bonds is 0. The monoisotopic (exact) mass is 130 g/mol. The molecule has 0 heterocycles. The Morgan fingerprint density at radius 1 is 1.50 bits per heavy atom. The minimum atomic E-state index is -1.56. The molecule has 0 fully saturated rings. The van der Waals surface area contributed by atoms with Gasteiger partial charge in [-0.15, -0.1) is 0 Å². The fraction of sp³-hybridized carbons (Fsp3) is 0.333. The van der Waals surface area contributed by atoms with Crippen molar-refractivity contribution in [3.8, 4) is 0 Å². The van der Waals surface area contributed by atoms with Gasteiger partial charge in [0.25, 0.3) is 0 Å². The van der Waals surface area contributed by atoms with Gasteiger partial charge in [-0.2, -0.15) is 0 Å². The van der Waals surface area contributed by atoms with E-state index in [0.717, 1.165) is 6.92 Å². The van der Waals surface area contributed by atoms with Gasteiger partial charge in [0.15, 0.2) is 0 Å². The Hall–Kier alpha value is -0.294. The van der Waals surface area contributed by atoms with Crippen LogP contribution >= 0.6 is 0 Å². The Labute approximate surface area is 62.0 Å². The normalized spacial score (nSPS) is 6.62. The van der Waals surface area contributed by atoms with Crippen LogP contribution in [0.15, 0.2) is 0 Å². The summed E-state index contributed by atoms with van der Waals surface area (Å²) in [5.74, 6) is -0.812. The summed E-state index contributed by atoms with van der Waals surface area (Å²) in [5.41, 5.74) is 0. The van der Waals surface area contributed by atoms with Crippen molar-refractivity contribution in [1.29, 1.82) is 0 Å². The molecule has 0 spiro atoms. The highest BCUT2D eigenvalue weighted by Crippen LogP contribution is 1.73. The maximum absolute atomic E-state index is 9.65. The topological polar surface area (TPSA) is 63.6 Å². The molecular formula is C3H6MgO4. The van der Waals surface area contributed by atoms with Crippen LogP contribution in [0.3, 0.4) is 0 Å². The molecule has 0 aliphatic carbocycles. The van der Waals surface area contributed by atoms with Gasteiger partial charge >= 0.3 is 35.2 Å². The number of carbonyl (C=O) groups excluding carboxylic acids is 1. The highest BCUT2D eigenvalue weighted by Gasteiger charge is 1.97. The SMILES string of the molecule is CC(=O)OC(=O)O.[MgH2]. The molecule has 1 N–H and O–H groups in total. The second kappa shape index (κ2) is 4.86. The number of ether oxygens (including phenoxy) is 1. The second-order valence-corrected chi connectivity index (χ2v) is 0.860. The number of hydrogen-bond donors (Lipinski definition) is 1. The maximum atomic E-state index is 9.65. The molecule has 0 aromatic rings. The molecule has 0 rings (SSSR count). The summed E-state index contributed by atoms with van der Waals surface area (Å²) in [6.07, 6.45) is -1.56. The van der Waals surface area contributed by atoms with Crippen LogP contribution in [-0.4, -0.2) is 40.3 Å². The molecule has 0 aromatic carbocycles. The van der Waals surface area contributed by atoms with Crippen LogP contribution in [0.25, 0.3) is 0 Å². The van der Waals surface area contributed by atoms with Crippen LogP contribution < -0.4 is 0 Å². The molecule has 5 heteroatoms. The Bertz CT molecular complexity index is 87.5. The number of carboxylic acid groups (broad SMARTS) is 1. The Kier molecular flexibility index (Phi) is 6.46. The maximum Gasteiger partial charge on any atom is 0.513 e. The minimum Gasteiger partial charge on any atom is -0.449 e. The zero-order valence-electron chi connectivity index (χ0n) is 3.67. The molecular weight excluding hydrogens is 124 g/mol. The molecule has 8 heavy (non-hydrogen) atoms. The minimum absolute atomic E-state index is 0. The summed E-state index contributed by atoms with van der Waals surface area (Å²) in [7, 11) is 0. The van der Waals surface area contributed by atoms with Crippen LogP contribution in [0, 0.1) is 0 Å². The summed E-state index contributed by atoms with van der Waals surface area (Å²) in [5, 5.41) is 7.64. The lowest BCUT2D eigenvalue weighted by molar-refractivity contribution is -0.136. The molecule has 0 aliphatic heterocycles. The molecule has 0 saturated heterocycles. The fourth-order valence-corrected chi connectivity index (χ4v) is 0.123. The standard InChI is InChI=1S/C3H4O4.Mg.2H/c1-2(4)7-3(5)6;;;/h1H3,(H,5,6);;;. The molecule has 0 bridgehead atoms. The van der Waals surface area contributed by atoms with Crippen LogP contribution in [0.2, 0.25) is 0 Å². The van der Waals surface area contributed by atoms with Crippen molar-refractivity contribution in [2.75, 3.05) is 0 Å². The molecule has 0 aliphatic rings. The van der Waals surface area contributed by atoms with Gasteiger partial charge in [0.2, 0.25) is 0 Å². The first-order chi connectivity index (χ1) is 3.13. The Balaban J connectivity index is 0. The van der Waals surface area contributed by atoms with E-state index in [9.17, 15) is 9.59 Å². The molecule has 0 radical (unpaired) electrons. The number of hydrogen-bond acceptors (Lipinski definition) is 3. The van der Waals surface area contributed by atoms with E-state index >= 15 is 0 Å². The predicted octanol–water partition coefficient (Wildman–Crippen LogP) is -0.689. The zero-order valence-corrected chi connectivity index (χ0v) is 3.67. The smallest absolute Gasteiger partial charge is 0.449 e. The average molecular weight is 130 g/mol. The average Bonchev–Trinajstić information content (AvgIpc) is 1.27. The lowest BCUT2D eigenvalue weighted by Crippen LogP contribution is -2.04. The number of carbonyl (C=O) groups is 2. The van der Waals surface area contributed by atoms with Crippen LogP contribution in [0.1, 0.15) is 6.92 Å². The molecule has 0 atom stereocenters. The van der Waals surface area contributed by atoms with Gasteiger partial charge in [0.1, 0.15) is 0 Å². The predicted molar refractivity (Wildman–Crippen MR) is 28.3 cm³/mol. The third-order valence-electron chi connectivity index (χ3n) is 0.231. The van der Waals surface area contributed by atoms with Crippen LogP contribution in [0.5, 0.6) is 0 Å². The summed E-state index contributed by atoms with van der Waals surface area (Å²) in [4.78, 5) is 19.0. The summed E-state index contributed by atoms with van der Waals surface area (Å²) >= 11 is 0. The first-order valence-electron chi connectivity index (χ1n) is 1.54. The summed E-state index contributed by atoms with van der Waals surface area (Å²) < 4.78 is 3.53. The van der Waals surface area contributed by atoms with Crippen molar-refractivity contribution < 1.29 is 19.4 Å². The molecule has 0 amide bonds. The molecule has 0 unspecified atom stereocenters. The van der Waals surface area contributed by atoms with Crippen molar-refractivity contribution in [2.45, 2.75) is 6.92 Å². The highest BCUT2D eigenvalue weighted by molar-refractivity contribution is 5.78. The van der Waals surface area contributed by atoms with Crippen LogP contribution in [0.4, 0.5) is 4.79 Å². The molecule has 0 saturated carbocycles. The third kappa shape index (κ3) is 9.20. The van der Waals surface area contributed by atoms with E-state index in [0.29, 0.717) is 0 Å². The Morgan fingerprint density at radius 3 is 1.88 bits per heavy atom. The zero-order chi connectivity index (χ0) is 5.86. The highest BCUT2D eigenvalue weighted by atomic mass is 24.3. The summed E-state index contributed by atoms with van der Waals surface area (Å²) in [6, 6.07) is 0. The largest absolute Gasteiger partial charge is 0.513 e. The van der Waals surface area contributed by atoms with Crippen molar-refractivity contribution >= 4 is 35.2 Å². The van der Waals surface area contributed by atoms with E-state index in [1.54, 1.807) is 0 Å². The summed E-state index contributed by atoms with van der Waals surface area (Å²) in [6.45, 7) is 1.02. The lowest BCUT2D eigenvalue weighted by Gasteiger charge is -1.85. The van der Waals surface area contributed by atoms with Crippen molar-refractivity contribution in [3.05, 3.63) is 0 Å². The van der Waals surface area contributed by atoms with Gasteiger partial charge in [0.05, 0.1) is 0 Å². The van der Waals surface area contributed by atoms with Gasteiger partial charge in [-0.25, -0.2) is 4.79 Å². The van der Waals surface area contributed by atoms with E-state index in [1.807, 2.05) is 0 Å². The van der Waals surface area contributed by atoms with Crippen molar-refractivity contribution in [3.63, 3.8) is 0 Å². The van der Waals surface area contributed by atoms with Gasteiger partial charge in [0, 0.05) is 6.92 Å².